The van der Waals surface area contributed by atoms with Gasteiger partial charge >= 0.3 is 0 Å². The number of sulfone groups is 1. The Morgan fingerprint density at radius 3 is 2.53 bits per heavy atom. The Bertz CT molecular complexity index is 623. The maximum absolute atomic E-state index is 11.9. The molecule has 1 saturated heterocycles. The molecule has 1 aromatic rings. The van der Waals surface area contributed by atoms with Crippen molar-refractivity contribution in [3.05, 3.63) is 4.88 Å². The molecule has 0 aromatic carbocycles. The van der Waals surface area contributed by atoms with Gasteiger partial charge < -0.3 is 22.1 Å². The van der Waals surface area contributed by atoms with Crippen LogP contribution >= 0.6 is 11.3 Å². The molecule has 1 fully saturated rings. The number of thiophene rings is 1. The van der Waals surface area contributed by atoms with Gasteiger partial charge in [-0.1, -0.05) is 0 Å². The van der Waals surface area contributed by atoms with Gasteiger partial charge in [0.05, 0.1) is 5.69 Å². The number of nitrogen functional groups attached to an aromatic ring is 1. The molecule has 19 heavy (non-hydrogen) atoms. The summed E-state index contributed by atoms with van der Waals surface area (Å²) < 4.78 is 23.7. The third kappa shape index (κ3) is 2.53. The van der Waals surface area contributed by atoms with Crippen molar-refractivity contribution >= 4 is 37.8 Å². The van der Waals surface area contributed by atoms with Crippen molar-refractivity contribution < 1.29 is 13.2 Å². The SMILES string of the molecule is CS(=O)(=O)c1c(N2CCC(N)C2)sc(C(N)=O)c1N. The first-order chi connectivity index (χ1) is 8.71. The molecule has 0 radical (unpaired) electrons. The maximum atomic E-state index is 11.9. The van der Waals surface area contributed by atoms with Crippen molar-refractivity contribution in [2.45, 2.75) is 17.4 Å². The molecule has 1 aliphatic rings. The molecule has 2 rings (SSSR count). The Balaban J connectivity index is 2.59. The van der Waals surface area contributed by atoms with Crippen LogP contribution in [-0.4, -0.2) is 39.7 Å². The van der Waals surface area contributed by atoms with Gasteiger partial charge in [-0.3, -0.25) is 4.79 Å². The third-order valence-corrected chi connectivity index (χ3v) is 5.55. The second-order valence-corrected chi connectivity index (χ2v) is 7.56. The largest absolute Gasteiger partial charge is 0.396 e. The Labute approximate surface area is 115 Å². The van der Waals surface area contributed by atoms with Crippen LogP contribution in [0, 0.1) is 0 Å². The van der Waals surface area contributed by atoms with Gasteiger partial charge in [0.25, 0.3) is 5.91 Å². The van der Waals surface area contributed by atoms with E-state index in [2.05, 4.69) is 0 Å². The van der Waals surface area contributed by atoms with Crippen molar-refractivity contribution in [2.75, 3.05) is 30.0 Å². The van der Waals surface area contributed by atoms with E-state index < -0.39 is 15.7 Å². The first-order valence-electron chi connectivity index (χ1n) is 5.64. The molecular weight excluding hydrogens is 288 g/mol. The van der Waals surface area contributed by atoms with E-state index in [-0.39, 0.29) is 21.5 Å². The van der Waals surface area contributed by atoms with Crippen molar-refractivity contribution in [1.82, 2.24) is 0 Å². The lowest BCUT2D eigenvalue weighted by Crippen LogP contribution is -2.26. The van der Waals surface area contributed by atoms with E-state index in [0.717, 1.165) is 24.0 Å². The molecule has 0 bridgehead atoms. The summed E-state index contributed by atoms with van der Waals surface area (Å²) in [7, 11) is -3.54. The van der Waals surface area contributed by atoms with E-state index in [1.807, 2.05) is 4.90 Å². The normalized spacial score (nSPS) is 19.9. The van der Waals surface area contributed by atoms with Crippen molar-refractivity contribution in [3.8, 4) is 0 Å². The second kappa shape index (κ2) is 4.66. The van der Waals surface area contributed by atoms with E-state index in [1.165, 1.54) is 0 Å². The van der Waals surface area contributed by atoms with E-state index in [1.54, 1.807) is 0 Å². The average Bonchev–Trinajstić information content (AvgIpc) is 2.80. The zero-order valence-electron chi connectivity index (χ0n) is 10.4. The van der Waals surface area contributed by atoms with E-state index in [0.29, 0.717) is 18.1 Å². The number of carbonyl (C=O) groups excluding carboxylic acids is 1. The monoisotopic (exact) mass is 304 g/mol. The lowest BCUT2D eigenvalue weighted by Gasteiger charge is -2.17. The molecule has 7 nitrogen and oxygen atoms in total. The van der Waals surface area contributed by atoms with Crippen LogP contribution in [0.2, 0.25) is 0 Å². The number of nitrogens with zero attached hydrogens (tertiary/aromatic N) is 1. The fourth-order valence-corrected chi connectivity index (χ4v) is 4.73. The Hall–Kier alpha value is -1.32. The summed E-state index contributed by atoms with van der Waals surface area (Å²) in [5, 5.41) is 0.460. The molecule has 1 aromatic heterocycles. The predicted molar refractivity (Wildman–Crippen MR) is 75.2 cm³/mol. The molecule has 1 unspecified atom stereocenters. The second-order valence-electron chi connectivity index (χ2n) is 4.61. The van der Waals surface area contributed by atoms with Crippen LogP contribution < -0.4 is 22.1 Å². The first kappa shape index (κ1) is 14.1. The summed E-state index contributed by atoms with van der Waals surface area (Å²) in [4.78, 5) is 13.2. The number of hydrogen-bond donors (Lipinski definition) is 3. The highest BCUT2D eigenvalue weighted by atomic mass is 32.2. The highest BCUT2D eigenvalue weighted by Crippen LogP contribution is 2.42. The lowest BCUT2D eigenvalue weighted by atomic mass is 10.3. The third-order valence-electron chi connectivity index (χ3n) is 2.99. The summed E-state index contributed by atoms with van der Waals surface area (Å²) in [5.41, 5.74) is 16.7. The number of anilines is 2. The molecule has 1 amide bonds. The number of nitrogens with two attached hydrogens (primary N) is 3. The maximum Gasteiger partial charge on any atom is 0.261 e. The number of hydrogen-bond acceptors (Lipinski definition) is 7. The van der Waals surface area contributed by atoms with Gasteiger partial charge in [0, 0.05) is 25.4 Å². The molecule has 1 atom stereocenters. The molecule has 2 heterocycles. The van der Waals surface area contributed by atoms with E-state index >= 15 is 0 Å². The highest BCUT2D eigenvalue weighted by Gasteiger charge is 2.31. The van der Waals surface area contributed by atoms with Crippen LogP contribution in [0.3, 0.4) is 0 Å². The van der Waals surface area contributed by atoms with Gasteiger partial charge in [0.2, 0.25) is 0 Å². The average molecular weight is 304 g/mol. The van der Waals surface area contributed by atoms with Crippen molar-refractivity contribution in [1.29, 1.82) is 0 Å². The number of amides is 1. The molecule has 1 aliphatic heterocycles. The summed E-state index contributed by atoms with van der Waals surface area (Å²) >= 11 is 1.01. The van der Waals surface area contributed by atoms with E-state index in [4.69, 9.17) is 17.2 Å². The minimum atomic E-state index is -3.54. The molecular formula is C10H16N4O3S2. The van der Waals surface area contributed by atoms with Crippen LogP contribution in [0.4, 0.5) is 10.7 Å². The zero-order valence-corrected chi connectivity index (χ0v) is 12.1. The fraction of sp³-hybridized carbons (Fsp3) is 0.500. The smallest absolute Gasteiger partial charge is 0.261 e. The van der Waals surface area contributed by atoms with E-state index in [9.17, 15) is 13.2 Å². The number of primary amides is 1. The minimum absolute atomic E-state index is 0.00670. The van der Waals surface area contributed by atoms with Crippen LogP contribution in [0.5, 0.6) is 0 Å². The predicted octanol–water partition coefficient (Wildman–Crippen LogP) is -0.630. The van der Waals surface area contributed by atoms with Crippen LogP contribution in [0.15, 0.2) is 4.90 Å². The van der Waals surface area contributed by atoms with Gasteiger partial charge in [-0.15, -0.1) is 11.3 Å². The van der Waals surface area contributed by atoms with Gasteiger partial charge in [-0.25, -0.2) is 8.42 Å². The zero-order chi connectivity index (χ0) is 14.4. The molecule has 0 aliphatic carbocycles. The Kier molecular flexibility index (Phi) is 3.45. The molecule has 106 valence electrons. The topological polar surface area (TPSA) is 133 Å². The van der Waals surface area contributed by atoms with Crippen molar-refractivity contribution in [2.24, 2.45) is 11.5 Å². The van der Waals surface area contributed by atoms with Gasteiger partial charge in [0.1, 0.15) is 14.8 Å². The van der Waals surface area contributed by atoms with Gasteiger partial charge in [0.15, 0.2) is 9.84 Å². The van der Waals surface area contributed by atoms with Crippen LogP contribution in [0.1, 0.15) is 16.1 Å². The summed E-state index contributed by atoms with van der Waals surface area (Å²) in [5.74, 6) is -0.720. The van der Waals surface area contributed by atoms with Gasteiger partial charge in [-0.05, 0) is 6.42 Å². The minimum Gasteiger partial charge on any atom is -0.396 e. The summed E-state index contributed by atoms with van der Waals surface area (Å²) in [6.07, 6.45) is 1.84. The summed E-state index contributed by atoms with van der Waals surface area (Å²) in [6, 6.07) is -0.00670. The Morgan fingerprint density at radius 2 is 2.11 bits per heavy atom. The Morgan fingerprint density at radius 1 is 1.47 bits per heavy atom. The van der Waals surface area contributed by atoms with Gasteiger partial charge in [-0.2, -0.15) is 0 Å². The summed E-state index contributed by atoms with van der Waals surface area (Å²) in [6.45, 7) is 1.18. The number of rotatable bonds is 3. The molecule has 6 N–H and O–H groups in total. The molecule has 9 heteroatoms. The quantitative estimate of drug-likeness (QED) is 0.681. The first-order valence-corrected chi connectivity index (χ1v) is 8.35. The highest BCUT2D eigenvalue weighted by molar-refractivity contribution is 7.91. The fourth-order valence-electron chi connectivity index (χ4n) is 2.14. The van der Waals surface area contributed by atoms with Crippen LogP contribution in [-0.2, 0) is 9.84 Å². The lowest BCUT2D eigenvalue weighted by molar-refractivity contribution is 0.100. The van der Waals surface area contributed by atoms with Crippen LogP contribution in [0.25, 0.3) is 0 Å². The molecule has 0 saturated carbocycles. The number of carbonyl (C=O) groups is 1. The standard InChI is InChI=1S/C10H16N4O3S2/c1-19(16,17)8-6(12)7(9(13)15)18-10(8)14-3-2-5(11)4-14/h5H,2-4,11-12H2,1H3,(H2,13,15). The van der Waals surface area contributed by atoms with Crippen molar-refractivity contribution in [3.63, 3.8) is 0 Å². The molecule has 0 spiro atoms.